The van der Waals surface area contributed by atoms with Crippen molar-refractivity contribution in [3.05, 3.63) is 132 Å². The van der Waals surface area contributed by atoms with Gasteiger partial charge in [0.15, 0.2) is 24.3 Å². The number of nitrogens with zero attached hydrogens (tertiary/aromatic N) is 1. The van der Waals surface area contributed by atoms with Gasteiger partial charge < -0.3 is 43.0 Å². The third-order valence-electron chi connectivity index (χ3n) is 9.59. The van der Waals surface area contributed by atoms with Gasteiger partial charge in [-0.2, -0.15) is 0 Å². The zero-order valence-electron chi connectivity index (χ0n) is 30.8. The van der Waals surface area contributed by atoms with Crippen molar-refractivity contribution in [2.45, 2.75) is 75.0 Å². The molecule has 2 saturated heterocycles. The number of hydrogen-bond donors (Lipinski definition) is 1. The minimum absolute atomic E-state index is 0.0229. The molecule has 6 rings (SSSR count). The van der Waals surface area contributed by atoms with Crippen LogP contribution in [0.4, 0.5) is 4.79 Å². The maximum atomic E-state index is 13.7. The summed E-state index contributed by atoms with van der Waals surface area (Å²) in [5.74, 6) is -0.893. The Labute approximate surface area is 320 Å². The van der Waals surface area contributed by atoms with Crippen molar-refractivity contribution in [2.75, 3.05) is 34.0 Å². The van der Waals surface area contributed by atoms with Gasteiger partial charge in [-0.15, -0.1) is 0 Å². The molecule has 55 heavy (non-hydrogen) atoms. The van der Waals surface area contributed by atoms with Crippen LogP contribution in [0.5, 0.6) is 0 Å². The maximum absolute atomic E-state index is 13.7. The Morgan fingerprint density at radius 2 is 1.45 bits per heavy atom. The lowest BCUT2D eigenvalue weighted by atomic mass is 9.98. The number of allylic oxidation sites excluding steroid dienone is 1. The highest BCUT2D eigenvalue weighted by atomic mass is 16.7. The van der Waals surface area contributed by atoms with Crippen LogP contribution < -0.4 is 0 Å². The van der Waals surface area contributed by atoms with Crippen molar-refractivity contribution in [3.63, 3.8) is 0 Å². The van der Waals surface area contributed by atoms with E-state index in [1.165, 1.54) is 26.4 Å². The van der Waals surface area contributed by atoms with E-state index in [4.69, 9.17) is 37.9 Å². The lowest BCUT2D eigenvalue weighted by Crippen LogP contribution is -2.61. The number of rotatable bonds is 17. The summed E-state index contributed by atoms with van der Waals surface area (Å²) in [5.41, 5.74) is 2.81. The van der Waals surface area contributed by atoms with E-state index in [1.807, 2.05) is 91.0 Å². The average molecular weight is 758 g/mol. The first-order chi connectivity index (χ1) is 26.9. The van der Waals surface area contributed by atoms with Gasteiger partial charge in [0.05, 0.1) is 32.5 Å². The van der Waals surface area contributed by atoms with Gasteiger partial charge in [0.2, 0.25) is 0 Å². The van der Waals surface area contributed by atoms with Crippen LogP contribution in [0.2, 0.25) is 0 Å². The fraction of sp³-hybridized carbons (Fsp3) is 0.405. The first-order valence-corrected chi connectivity index (χ1v) is 18.3. The number of carbonyl (C=O) groups excluding carboxylic acids is 3. The van der Waals surface area contributed by atoms with E-state index in [0.717, 1.165) is 21.6 Å². The fourth-order valence-electron chi connectivity index (χ4n) is 6.81. The molecular weight excluding hydrogens is 710 g/mol. The van der Waals surface area contributed by atoms with Gasteiger partial charge >= 0.3 is 6.09 Å². The third-order valence-corrected chi connectivity index (χ3v) is 9.59. The van der Waals surface area contributed by atoms with Crippen molar-refractivity contribution in [1.29, 1.82) is 0 Å². The van der Waals surface area contributed by atoms with Crippen molar-refractivity contribution < 1.29 is 57.4 Å². The molecule has 13 heteroatoms. The fourth-order valence-corrected chi connectivity index (χ4v) is 6.81. The monoisotopic (exact) mass is 757 g/mol. The van der Waals surface area contributed by atoms with Gasteiger partial charge in [0.1, 0.15) is 36.8 Å². The highest BCUT2D eigenvalue weighted by Gasteiger charge is 2.49. The second kappa shape index (κ2) is 19.7. The number of methoxy groups -OCH3 is 2. The summed E-state index contributed by atoms with van der Waals surface area (Å²) >= 11 is 0. The van der Waals surface area contributed by atoms with E-state index in [9.17, 15) is 19.5 Å². The van der Waals surface area contributed by atoms with Crippen molar-refractivity contribution in [1.82, 2.24) is 4.90 Å². The number of ether oxygens (including phenoxy) is 8. The second-order valence-corrected chi connectivity index (χ2v) is 13.3. The quantitative estimate of drug-likeness (QED) is 0.196. The smallest absolute Gasteiger partial charge is 0.417 e. The highest BCUT2D eigenvalue weighted by Crippen LogP contribution is 2.31. The molecule has 8 atom stereocenters. The molecule has 1 N–H and O–H groups in total. The molecule has 3 aliphatic rings. The first-order valence-electron chi connectivity index (χ1n) is 18.3. The molecule has 0 unspecified atom stereocenters. The number of cyclic esters (lactones) is 1. The highest BCUT2D eigenvalue weighted by molar-refractivity contribution is 6.03. The Balaban J connectivity index is 1.12. The van der Waals surface area contributed by atoms with Crippen LogP contribution in [-0.2, 0) is 67.1 Å². The van der Waals surface area contributed by atoms with Crippen molar-refractivity contribution in [2.24, 2.45) is 0 Å². The van der Waals surface area contributed by atoms with Crippen LogP contribution in [0.1, 0.15) is 23.1 Å². The molecule has 2 amide bonds. The summed E-state index contributed by atoms with van der Waals surface area (Å²) in [6.07, 6.45) is -2.09. The molecule has 3 aromatic rings. The van der Waals surface area contributed by atoms with Crippen LogP contribution in [0.25, 0.3) is 0 Å². The van der Waals surface area contributed by atoms with E-state index >= 15 is 0 Å². The van der Waals surface area contributed by atoms with Crippen LogP contribution in [0.15, 0.2) is 115 Å². The molecular formula is C42H47NO12. The summed E-state index contributed by atoms with van der Waals surface area (Å²) in [5, 5.41) is 10.3. The Morgan fingerprint density at radius 3 is 2.05 bits per heavy atom. The lowest BCUT2D eigenvalue weighted by Gasteiger charge is -2.45. The van der Waals surface area contributed by atoms with Crippen LogP contribution in [-0.4, -0.2) is 111 Å². The van der Waals surface area contributed by atoms with Crippen molar-refractivity contribution in [3.8, 4) is 0 Å². The van der Waals surface area contributed by atoms with Gasteiger partial charge in [-0.25, -0.2) is 9.69 Å². The Kier molecular flexibility index (Phi) is 14.3. The van der Waals surface area contributed by atoms with E-state index in [1.54, 1.807) is 6.08 Å². The number of aliphatic hydroxyl groups is 1. The number of benzene rings is 3. The standard InChI is InChI=1S/C42H47NO12/c1-48-38(40(46)43-31(27-53-42(43)47)23-28-13-6-3-7-14-28)35-33(45)21-20-32(54-35)19-12-22-50-39-37(52-26-30-17-10-5-11-18-30)36(34(24-44)55-41(39)49-2)51-25-29-15-8-4-9-16-29/h3-11,13-21,31,34-39,41,44H,12,22-27H2,1-2H3/t31-,34+,35+,36+,37-,38-,39-,41-/m0/s1. The van der Waals surface area contributed by atoms with E-state index in [-0.39, 0.29) is 33.0 Å². The number of amides is 2. The summed E-state index contributed by atoms with van der Waals surface area (Å²) in [4.78, 5) is 40.5. The molecule has 3 aliphatic heterocycles. The lowest BCUT2D eigenvalue weighted by molar-refractivity contribution is -0.319. The Morgan fingerprint density at radius 1 is 0.836 bits per heavy atom. The van der Waals surface area contributed by atoms with Gasteiger partial charge in [-0.1, -0.05) is 91.0 Å². The van der Waals surface area contributed by atoms with Crippen LogP contribution in [0.3, 0.4) is 0 Å². The molecule has 13 nitrogen and oxygen atoms in total. The van der Waals surface area contributed by atoms with Gasteiger partial charge in [0, 0.05) is 14.2 Å². The minimum Gasteiger partial charge on any atom is -0.479 e. The number of aliphatic hydroxyl groups excluding tert-OH is 1. The number of carbonyl (C=O) groups is 3. The molecule has 0 radical (unpaired) electrons. The molecule has 3 aromatic carbocycles. The van der Waals surface area contributed by atoms with E-state index < -0.39 is 66.7 Å². The molecule has 0 aliphatic carbocycles. The molecule has 0 saturated carbocycles. The molecule has 0 spiro atoms. The Hall–Kier alpha value is -4.73. The SMILES string of the molecule is CO[C@H]1O[C@H](CO)[C@@H](OCc2ccccc2)[C@H](OCc2ccccc2)[C@@H]1OCCC=C1C=CC(=O)[C@H]([C@H](OC)C(=O)N2C(=O)OC[C@@H]2Cc2ccccc2)O1. The average Bonchev–Trinajstić information content (AvgIpc) is 3.59. The van der Waals surface area contributed by atoms with E-state index in [2.05, 4.69) is 0 Å². The van der Waals surface area contributed by atoms with Gasteiger partial charge in [-0.3, -0.25) is 9.59 Å². The van der Waals surface area contributed by atoms with Crippen LogP contribution >= 0.6 is 0 Å². The normalized spacial score (nSPS) is 26.5. The predicted molar refractivity (Wildman–Crippen MR) is 197 cm³/mol. The molecule has 2 fully saturated rings. The third kappa shape index (κ3) is 10.1. The minimum atomic E-state index is -1.40. The number of ketones is 1. The first kappa shape index (κ1) is 39.9. The molecule has 0 aromatic heterocycles. The van der Waals surface area contributed by atoms with Gasteiger partial charge in [0.25, 0.3) is 5.91 Å². The predicted octanol–water partition coefficient (Wildman–Crippen LogP) is 4.31. The number of hydrogen-bond acceptors (Lipinski definition) is 12. The largest absolute Gasteiger partial charge is 0.479 e. The topological polar surface area (TPSA) is 149 Å². The van der Waals surface area contributed by atoms with Crippen LogP contribution in [0, 0.1) is 0 Å². The second-order valence-electron chi connectivity index (χ2n) is 13.3. The van der Waals surface area contributed by atoms with Crippen molar-refractivity contribution >= 4 is 17.8 Å². The summed E-state index contributed by atoms with van der Waals surface area (Å²) in [7, 11) is 2.78. The van der Waals surface area contributed by atoms with Gasteiger partial charge in [-0.05, 0) is 47.8 Å². The molecule has 0 bridgehead atoms. The zero-order chi connectivity index (χ0) is 38.6. The number of imide groups is 1. The Bertz CT molecular complexity index is 1750. The molecule has 3 heterocycles. The zero-order valence-corrected chi connectivity index (χ0v) is 30.8. The summed E-state index contributed by atoms with van der Waals surface area (Å²) in [6.45, 7) is 0.361. The maximum Gasteiger partial charge on any atom is 0.417 e. The summed E-state index contributed by atoms with van der Waals surface area (Å²) < 4.78 is 47.8. The summed E-state index contributed by atoms with van der Waals surface area (Å²) in [6, 6.07) is 28.2. The molecule has 292 valence electrons. The van der Waals surface area contributed by atoms with E-state index in [0.29, 0.717) is 18.6 Å².